The molecule has 3 aromatic rings. The van der Waals surface area contributed by atoms with Gasteiger partial charge in [-0.05, 0) is 37.1 Å². The Morgan fingerprint density at radius 2 is 2.04 bits per heavy atom. The van der Waals surface area contributed by atoms with Crippen LogP contribution in [0.25, 0.3) is 10.2 Å². The van der Waals surface area contributed by atoms with Crippen molar-refractivity contribution in [1.29, 1.82) is 0 Å². The largest absolute Gasteiger partial charge is 0.308 e. The van der Waals surface area contributed by atoms with Crippen molar-refractivity contribution in [3.05, 3.63) is 59.1 Å². The van der Waals surface area contributed by atoms with Crippen LogP contribution in [-0.4, -0.2) is 22.7 Å². The van der Waals surface area contributed by atoms with Crippen LogP contribution in [0.2, 0.25) is 0 Å². The lowest BCUT2D eigenvalue weighted by atomic mass is 10.1. The number of aromatic nitrogens is 1. The number of para-hydroxylation sites is 2. The van der Waals surface area contributed by atoms with Gasteiger partial charge in [-0.25, -0.2) is 4.98 Å². The minimum atomic E-state index is 0.193. The number of anilines is 1. The van der Waals surface area contributed by atoms with Crippen LogP contribution < -0.4 is 4.90 Å². The highest BCUT2D eigenvalue weighted by Crippen LogP contribution is 2.32. The van der Waals surface area contributed by atoms with E-state index in [-0.39, 0.29) is 11.9 Å². The third-order valence-electron chi connectivity index (χ3n) is 4.27. The summed E-state index contributed by atoms with van der Waals surface area (Å²) in [6.07, 6.45) is 0.949. The molecule has 3 nitrogen and oxygen atoms in total. The molecule has 0 fully saturated rings. The van der Waals surface area contributed by atoms with Crippen molar-refractivity contribution in [2.45, 2.75) is 25.1 Å². The maximum absolute atomic E-state index is 12.7. The van der Waals surface area contributed by atoms with Crippen molar-refractivity contribution in [2.24, 2.45) is 0 Å². The molecule has 0 aliphatic carbocycles. The molecule has 0 saturated heterocycles. The zero-order valence-electron chi connectivity index (χ0n) is 13.4. The van der Waals surface area contributed by atoms with E-state index in [4.69, 9.17) is 0 Å². The Labute approximate surface area is 149 Å². The van der Waals surface area contributed by atoms with Gasteiger partial charge in [-0.3, -0.25) is 4.79 Å². The summed E-state index contributed by atoms with van der Waals surface area (Å²) in [7, 11) is 0. The van der Waals surface area contributed by atoms with Crippen LogP contribution >= 0.6 is 23.1 Å². The highest BCUT2D eigenvalue weighted by molar-refractivity contribution is 7.99. The third kappa shape index (κ3) is 2.94. The van der Waals surface area contributed by atoms with Gasteiger partial charge in [0.05, 0.1) is 16.0 Å². The number of hydrogen-bond acceptors (Lipinski definition) is 4. The summed E-state index contributed by atoms with van der Waals surface area (Å²) in [5.41, 5.74) is 3.40. The number of thioether (sulfide) groups is 1. The predicted octanol–water partition coefficient (Wildman–Crippen LogP) is 4.51. The summed E-state index contributed by atoms with van der Waals surface area (Å²) in [5, 5.41) is 1.09. The molecule has 2 heterocycles. The molecular weight excluding hydrogens is 336 g/mol. The van der Waals surface area contributed by atoms with E-state index in [0.29, 0.717) is 5.75 Å². The highest BCUT2D eigenvalue weighted by Gasteiger charge is 2.30. The van der Waals surface area contributed by atoms with Gasteiger partial charge >= 0.3 is 0 Å². The monoisotopic (exact) mass is 354 g/mol. The van der Waals surface area contributed by atoms with E-state index in [2.05, 4.69) is 30.1 Å². The summed E-state index contributed by atoms with van der Waals surface area (Å²) >= 11 is 3.36. The van der Waals surface area contributed by atoms with Crippen molar-refractivity contribution in [2.75, 3.05) is 10.7 Å². The van der Waals surface area contributed by atoms with E-state index in [1.165, 1.54) is 10.3 Å². The van der Waals surface area contributed by atoms with Crippen LogP contribution in [0, 0.1) is 0 Å². The van der Waals surface area contributed by atoms with Gasteiger partial charge in [-0.2, -0.15) is 0 Å². The number of nitrogens with zero attached hydrogens (tertiary/aromatic N) is 2. The summed E-state index contributed by atoms with van der Waals surface area (Å²) in [4.78, 5) is 19.3. The van der Waals surface area contributed by atoms with E-state index >= 15 is 0 Å². The Kier molecular flexibility index (Phi) is 4.29. The Morgan fingerprint density at radius 3 is 2.92 bits per heavy atom. The van der Waals surface area contributed by atoms with Gasteiger partial charge in [0.25, 0.3) is 0 Å². The van der Waals surface area contributed by atoms with Crippen molar-refractivity contribution < 1.29 is 4.79 Å². The molecule has 0 saturated carbocycles. The second kappa shape index (κ2) is 6.57. The van der Waals surface area contributed by atoms with Gasteiger partial charge in [0.1, 0.15) is 5.01 Å². The first-order valence-corrected chi connectivity index (χ1v) is 10.0. The molecule has 0 spiro atoms. The molecule has 1 amide bonds. The lowest BCUT2D eigenvalue weighted by Crippen LogP contribution is -2.37. The average Bonchev–Trinajstić information content (AvgIpc) is 3.13. The fourth-order valence-corrected chi connectivity index (χ4v) is 5.13. The van der Waals surface area contributed by atoms with Gasteiger partial charge in [-0.1, -0.05) is 30.3 Å². The standard InChI is InChI=1S/C19H18N2OS2/c1-13-10-14-6-2-4-8-16(14)21(13)19(22)12-23-11-18-20-15-7-3-5-9-17(15)24-18/h2-9,13H,10-12H2,1H3/t13-/m1/s1. The first kappa shape index (κ1) is 15.7. The molecule has 1 atom stereocenters. The molecule has 5 heteroatoms. The normalized spacial score (nSPS) is 16.5. The molecule has 1 aromatic heterocycles. The molecule has 0 bridgehead atoms. The summed E-state index contributed by atoms with van der Waals surface area (Å²) in [5.74, 6) is 1.47. The lowest BCUT2D eigenvalue weighted by molar-refractivity contribution is -0.116. The average molecular weight is 354 g/mol. The van der Waals surface area contributed by atoms with Gasteiger partial charge in [-0.15, -0.1) is 23.1 Å². The maximum atomic E-state index is 12.7. The van der Waals surface area contributed by atoms with Crippen molar-refractivity contribution in [3.8, 4) is 0 Å². The molecule has 2 aromatic carbocycles. The zero-order chi connectivity index (χ0) is 16.5. The van der Waals surface area contributed by atoms with Crippen LogP contribution in [0.5, 0.6) is 0 Å². The fourth-order valence-electron chi connectivity index (χ4n) is 3.22. The molecule has 0 unspecified atom stereocenters. The molecule has 0 radical (unpaired) electrons. The number of hydrogen-bond donors (Lipinski definition) is 0. The second-order valence-corrected chi connectivity index (χ2v) is 8.11. The number of benzene rings is 2. The predicted molar refractivity (Wildman–Crippen MR) is 103 cm³/mol. The van der Waals surface area contributed by atoms with E-state index in [1.54, 1.807) is 23.1 Å². The highest BCUT2D eigenvalue weighted by atomic mass is 32.2. The van der Waals surface area contributed by atoms with Gasteiger partial charge in [0, 0.05) is 17.5 Å². The minimum absolute atomic E-state index is 0.193. The lowest BCUT2D eigenvalue weighted by Gasteiger charge is -2.22. The molecule has 24 heavy (non-hydrogen) atoms. The van der Waals surface area contributed by atoms with Crippen LogP contribution in [0.4, 0.5) is 5.69 Å². The number of carbonyl (C=O) groups is 1. The number of rotatable bonds is 4. The zero-order valence-corrected chi connectivity index (χ0v) is 15.1. The van der Waals surface area contributed by atoms with Crippen molar-refractivity contribution >= 4 is 44.9 Å². The Morgan fingerprint density at radius 1 is 1.25 bits per heavy atom. The van der Waals surface area contributed by atoms with E-state index in [1.807, 2.05) is 35.2 Å². The Balaban J connectivity index is 1.40. The third-order valence-corrected chi connectivity index (χ3v) is 6.41. The van der Waals surface area contributed by atoms with E-state index < -0.39 is 0 Å². The van der Waals surface area contributed by atoms with Crippen LogP contribution in [0.1, 0.15) is 17.5 Å². The summed E-state index contributed by atoms with van der Waals surface area (Å²) < 4.78 is 1.21. The molecule has 122 valence electrons. The van der Waals surface area contributed by atoms with Crippen LogP contribution in [-0.2, 0) is 17.0 Å². The minimum Gasteiger partial charge on any atom is -0.308 e. The number of carbonyl (C=O) groups excluding carboxylic acids is 1. The maximum Gasteiger partial charge on any atom is 0.237 e. The number of fused-ring (bicyclic) bond motifs is 2. The quantitative estimate of drug-likeness (QED) is 0.691. The molecule has 1 aliphatic rings. The summed E-state index contributed by atoms with van der Waals surface area (Å²) in [6, 6.07) is 16.6. The van der Waals surface area contributed by atoms with Gasteiger partial charge in [0.15, 0.2) is 0 Å². The Hall–Kier alpha value is -1.85. The van der Waals surface area contributed by atoms with Gasteiger partial charge in [0.2, 0.25) is 5.91 Å². The first-order valence-electron chi connectivity index (χ1n) is 8.04. The second-order valence-electron chi connectivity index (χ2n) is 6.01. The van der Waals surface area contributed by atoms with Crippen molar-refractivity contribution in [3.63, 3.8) is 0 Å². The fraction of sp³-hybridized carbons (Fsp3) is 0.263. The molecular formula is C19H18N2OS2. The van der Waals surface area contributed by atoms with E-state index in [0.717, 1.165) is 28.4 Å². The Bertz CT molecular complexity index is 857. The SMILES string of the molecule is C[C@@H]1Cc2ccccc2N1C(=O)CSCc1nc2ccccc2s1. The smallest absolute Gasteiger partial charge is 0.237 e. The van der Waals surface area contributed by atoms with Gasteiger partial charge < -0.3 is 4.90 Å². The number of thiazole rings is 1. The first-order chi connectivity index (χ1) is 11.7. The van der Waals surface area contributed by atoms with Crippen LogP contribution in [0.15, 0.2) is 48.5 Å². The molecule has 1 aliphatic heterocycles. The molecule has 4 rings (SSSR count). The number of amides is 1. The van der Waals surface area contributed by atoms with Crippen molar-refractivity contribution in [1.82, 2.24) is 4.98 Å². The van der Waals surface area contributed by atoms with E-state index in [9.17, 15) is 4.79 Å². The van der Waals surface area contributed by atoms with Crippen LogP contribution in [0.3, 0.4) is 0 Å². The molecule has 0 N–H and O–H groups in total. The topological polar surface area (TPSA) is 33.2 Å². The summed E-state index contributed by atoms with van der Waals surface area (Å²) in [6.45, 7) is 2.12.